The molecule has 0 aromatic heterocycles. The summed E-state index contributed by atoms with van der Waals surface area (Å²) in [5, 5.41) is 3.44. The van der Waals surface area contributed by atoms with Gasteiger partial charge in [-0.1, -0.05) is 24.3 Å². The van der Waals surface area contributed by atoms with E-state index in [9.17, 15) is 13.2 Å². The van der Waals surface area contributed by atoms with Crippen molar-refractivity contribution in [3.63, 3.8) is 0 Å². The number of ether oxygens (including phenoxy) is 1. The van der Waals surface area contributed by atoms with Crippen molar-refractivity contribution in [3.8, 4) is 5.75 Å². The summed E-state index contributed by atoms with van der Waals surface area (Å²) in [7, 11) is 0. The van der Waals surface area contributed by atoms with Crippen LogP contribution in [0.1, 0.15) is 31.4 Å². The summed E-state index contributed by atoms with van der Waals surface area (Å²) in [5.74, 6) is -0.189. The van der Waals surface area contributed by atoms with Gasteiger partial charge >= 0.3 is 6.36 Å². The number of nitrogens with one attached hydrogen (secondary N) is 1. The minimum Gasteiger partial charge on any atom is -0.406 e. The normalized spacial score (nSPS) is 17.7. The van der Waals surface area contributed by atoms with Gasteiger partial charge in [-0.05, 0) is 37.5 Å². The van der Waals surface area contributed by atoms with Gasteiger partial charge in [0.15, 0.2) is 0 Å². The lowest BCUT2D eigenvalue weighted by Gasteiger charge is -2.20. The molecule has 1 aliphatic rings. The van der Waals surface area contributed by atoms with Crippen LogP contribution in [0.15, 0.2) is 36.4 Å². The molecule has 19 heavy (non-hydrogen) atoms. The monoisotopic (exact) mass is 271 g/mol. The van der Waals surface area contributed by atoms with Crippen molar-refractivity contribution in [1.82, 2.24) is 5.32 Å². The highest BCUT2D eigenvalue weighted by molar-refractivity contribution is 5.29. The van der Waals surface area contributed by atoms with E-state index in [4.69, 9.17) is 0 Å². The summed E-state index contributed by atoms with van der Waals surface area (Å²) < 4.78 is 39.9. The molecule has 0 amide bonds. The predicted molar refractivity (Wildman–Crippen MR) is 66.8 cm³/mol. The Labute approximate surface area is 110 Å². The molecule has 0 bridgehead atoms. The Kier molecular flexibility index (Phi) is 4.14. The number of alkyl halides is 3. The number of hydrogen-bond acceptors (Lipinski definition) is 2. The first-order valence-corrected chi connectivity index (χ1v) is 6.21. The van der Waals surface area contributed by atoms with Crippen LogP contribution in [-0.2, 0) is 0 Å². The van der Waals surface area contributed by atoms with Gasteiger partial charge in [0, 0.05) is 12.1 Å². The number of halogens is 3. The maximum atomic E-state index is 12.0. The second-order valence-electron chi connectivity index (χ2n) is 4.64. The van der Waals surface area contributed by atoms with Gasteiger partial charge in [0.1, 0.15) is 5.75 Å². The van der Waals surface area contributed by atoms with Crippen LogP contribution in [0, 0.1) is 0 Å². The fourth-order valence-electron chi connectivity index (χ4n) is 2.16. The van der Waals surface area contributed by atoms with Crippen molar-refractivity contribution in [3.05, 3.63) is 42.0 Å². The number of benzene rings is 1. The lowest BCUT2D eigenvalue weighted by Crippen LogP contribution is -2.29. The first-order valence-electron chi connectivity index (χ1n) is 6.21. The van der Waals surface area contributed by atoms with Gasteiger partial charge in [0.2, 0.25) is 0 Å². The summed E-state index contributed by atoms with van der Waals surface area (Å²) in [5.41, 5.74) is 0.946. The van der Waals surface area contributed by atoms with Crippen molar-refractivity contribution in [2.75, 3.05) is 0 Å². The topological polar surface area (TPSA) is 21.3 Å². The standard InChI is InChI=1S/C14H16F3NO/c1-10(18-12-4-2-3-5-12)11-6-8-13(9-7-11)19-14(15,16)17/h2-3,6-10,12,18H,4-5H2,1H3. The Hall–Kier alpha value is -1.49. The quantitative estimate of drug-likeness (QED) is 0.837. The molecule has 2 rings (SSSR count). The van der Waals surface area contributed by atoms with Crippen LogP contribution >= 0.6 is 0 Å². The molecular weight excluding hydrogens is 255 g/mol. The molecule has 0 radical (unpaired) electrons. The van der Waals surface area contributed by atoms with Gasteiger partial charge in [-0.2, -0.15) is 0 Å². The van der Waals surface area contributed by atoms with Crippen LogP contribution in [-0.4, -0.2) is 12.4 Å². The van der Waals surface area contributed by atoms with E-state index in [1.807, 2.05) is 6.92 Å². The van der Waals surface area contributed by atoms with E-state index >= 15 is 0 Å². The van der Waals surface area contributed by atoms with Gasteiger partial charge in [-0.25, -0.2) is 0 Å². The van der Waals surface area contributed by atoms with E-state index in [2.05, 4.69) is 22.2 Å². The Bertz CT molecular complexity index is 431. The van der Waals surface area contributed by atoms with Gasteiger partial charge in [0.05, 0.1) is 0 Å². The van der Waals surface area contributed by atoms with E-state index in [0.717, 1.165) is 18.4 Å². The van der Waals surface area contributed by atoms with Crippen LogP contribution in [0.25, 0.3) is 0 Å². The van der Waals surface area contributed by atoms with Gasteiger partial charge in [0.25, 0.3) is 0 Å². The Morgan fingerprint density at radius 1 is 1.16 bits per heavy atom. The molecule has 1 aliphatic carbocycles. The SMILES string of the molecule is CC(NC1CC=CC1)c1ccc(OC(F)(F)F)cc1. The van der Waals surface area contributed by atoms with Crippen LogP contribution in [0.5, 0.6) is 5.75 Å². The molecule has 0 saturated heterocycles. The zero-order chi connectivity index (χ0) is 13.9. The smallest absolute Gasteiger partial charge is 0.406 e. The van der Waals surface area contributed by atoms with Crippen molar-refractivity contribution in [2.45, 2.75) is 38.2 Å². The highest BCUT2D eigenvalue weighted by atomic mass is 19.4. The fourth-order valence-corrected chi connectivity index (χ4v) is 2.16. The van der Waals surface area contributed by atoms with E-state index in [-0.39, 0.29) is 11.8 Å². The van der Waals surface area contributed by atoms with Crippen LogP contribution < -0.4 is 10.1 Å². The lowest BCUT2D eigenvalue weighted by atomic mass is 10.1. The van der Waals surface area contributed by atoms with Gasteiger partial charge in [-0.3, -0.25) is 0 Å². The lowest BCUT2D eigenvalue weighted by molar-refractivity contribution is -0.274. The fraction of sp³-hybridized carbons (Fsp3) is 0.429. The third kappa shape index (κ3) is 4.28. The van der Waals surface area contributed by atoms with Crippen LogP contribution in [0.2, 0.25) is 0 Å². The minimum absolute atomic E-state index is 0.102. The maximum absolute atomic E-state index is 12.0. The van der Waals surface area contributed by atoms with E-state index < -0.39 is 6.36 Å². The zero-order valence-electron chi connectivity index (χ0n) is 10.6. The first-order chi connectivity index (χ1) is 8.94. The molecule has 0 spiro atoms. The highest BCUT2D eigenvalue weighted by Crippen LogP contribution is 2.25. The molecule has 2 nitrogen and oxygen atoms in total. The van der Waals surface area contributed by atoms with Crippen molar-refractivity contribution >= 4 is 0 Å². The first kappa shape index (κ1) is 13.9. The van der Waals surface area contributed by atoms with Crippen molar-refractivity contribution in [1.29, 1.82) is 0 Å². The molecule has 5 heteroatoms. The molecule has 1 aromatic carbocycles. The largest absolute Gasteiger partial charge is 0.573 e. The average Bonchev–Trinajstić information content (AvgIpc) is 2.80. The molecule has 1 aromatic rings. The molecular formula is C14H16F3NO. The third-order valence-corrected chi connectivity index (χ3v) is 3.11. The Balaban J connectivity index is 1.93. The summed E-state index contributed by atoms with van der Waals surface area (Å²) in [6.07, 6.45) is 1.62. The zero-order valence-corrected chi connectivity index (χ0v) is 10.6. The molecule has 1 N–H and O–H groups in total. The molecule has 0 heterocycles. The van der Waals surface area contributed by atoms with Crippen LogP contribution in [0.4, 0.5) is 13.2 Å². The van der Waals surface area contributed by atoms with Crippen molar-refractivity contribution in [2.24, 2.45) is 0 Å². The number of hydrogen-bond donors (Lipinski definition) is 1. The summed E-state index contributed by atoms with van der Waals surface area (Å²) in [6.45, 7) is 2.00. The average molecular weight is 271 g/mol. The molecule has 0 saturated carbocycles. The number of rotatable bonds is 4. The second kappa shape index (κ2) is 5.65. The van der Waals surface area contributed by atoms with Gasteiger partial charge < -0.3 is 10.1 Å². The summed E-state index contributed by atoms with van der Waals surface area (Å²) >= 11 is 0. The molecule has 0 aliphatic heterocycles. The Morgan fingerprint density at radius 3 is 2.26 bits per heavy atom. The maximum Gasteiger partial charge on any atom is 0.573 e. The summed E-state index contributed by atoms with van der Waals surface area (Å²) in [4.78, 5) is 0. The minimum atomic E-state index is -4.64. The summed E-state index contributed by atoms with van der Waals surface area (Å²) in [6, 6.07) is 6.51. The van der Waals surface area contributed by atoms with Gasteiger partial charge in [-0.15, -0.1) is 13.2 Å². The molecule has 1 unspecified atom stereocenters. The molecule has 104 valence electrons. The van der Waals surface area contributed by atoms with E-state index in [1.54, 1.807) is 12.1 Å². The molecule has 1 atom stereocenters. The second-order valence-corrected chi connectivity index (χ2v) is 4.64. The predicted octanol–water partition coefficient (Wildman–Crippen LogP) is 3.95. The van der Waals surface area contributed by atoms with Crippen molar-refractivity contribution < 1.29 is 17.9 Å². The van der Waals surface area contributed by atoms with Crippen LogP contribution in [0.3, 0.4) is 0 Å². The highest BCUT2D eigenvalue weighted by Gasteiger charge is 2.31. The molecule has 0 fully saturated rings. The Morgan fingerprint density at radius 2 is 1.74 bits per heavy atom. The van der Waals surface area contributed by atoms with E-state index in [1.165, 1.54) is 12.1 Å². The third-order valence-electron chi connectivity index (χ3n) is 3.11. The van der Waals surface area contributed by atoms with E-state index in [0.29, 0.717) is 6.04 Å².